The van der Waals surface area contributed by atoms with Crippen LogP contribution in [0.15, 0.2) is 65.8 Å². The lowest BCUT2D eigenvalue weighted by molar-refractivity contribution is -0.274. The van der Waals surface area contributed by atoms with E-state index in [1.807, 2.05) is 24.3 Å². The topological polar surface area (TPSA) is 75.4 Å². The van der Waals surface area contributed by atoms with Gasteiger partial charge in [0, 0.05) is 36.8 Å². The van der Waals surface area contributed by atoms with Crippen molar-refractivity contribution in [1.82, 2.24) is 24.6 Å². The van der Waals surface area contributed by atoms with Crippen molar-refractivity contribution >= 4 is 10.5 Å². The van der Waals surface area contributed by atoms with Crippen molar-refractivity contribution in [3.05, 3.63) is 66.5 Å². The molecule has 1 fully saturated rings. The first-order valence-corrected chi connectivity index (χ1v) is 12.0. The number of hydrogen-bond donors (Lipinski definition) is 2. The third-order valence-corrected chi connectivity index (χ3v) is 7.16. The second kappa shape index (κ2) is 9.10. The molecule has 2 aromatic carbocycles. The van der Waals surface area contributed by atoms with Crippen LogP contribution in [-0.2, 0) is 6.54 Å². The van der Waals surface area contributed by atoms with Crippen LogP contribution in [0.5, 0.6) is 5.75 Å². The van der Waals surface area contributed by atoms with Gasteiger partial charge in [-0.3, -0.25) is 9.62 Å². The maximum atomic E-state index is 12.5. The molecular formula is C21H24F3N5O2S. The summed E-state index contributed by atoms with van der Waals surface area (Å²) in [7, 11) is -2.49. The van der Waals surface area contributed by atoms with E-state index in [1.165, 1.54) is 18.2 Å². The highest BCUT2D eigenvalue weighted by atomic mass is 32.3. The predicted molar refractivity (Wildman–Crippen MR) is 116 cm³/mol. The molecule has 172 valence electrons. The second-order valence-corrected chi connectivity index (χ2v) is 10.2. The number of rotatable bonds is 7. The second-order valence-electron chi connectivity index (χ2n) is 7.75. The largest absolute Gasteiger partial charge is 0.573 e. The molecule has 0 radical (unpaired) electrons. The standard InChI is InChI=1S/C21H24F3N5O2S/c1-32(30,20-4-2-3-19(13-20)31-21(22,23)24)26-17-9-11-28(15-17)14-16-5-7-18(8-6-16)29-12-10-25-27-29/h2-8,10,12-13,17,26,30H,9,11,14-15H2,1H3. The number of halogens is 3. The van der Waals surface area contributed by atoms with Gasteiger partial charge in [-0.2, -0.15) is 0 Å². The summed E-state index contributed by atoms with van der Waals surface area (Å²) in [5.74, 6) is -0.341. The van der Waals surface area contributed by atoms with Crippen molar-refractivity contribution in [2.75, 3.05) is 19.3 Å². The first-order valence-electron chi connectivity index (χ1n) is 10.00. The number of likely N-dealkylation sites (tertiary alicyclic amines) is 1. The van der Waals surface area contributed by atoms with Crippen molar-refractivity contribution < 1.29 is 22.5 Å². The minimum atomic E-state index is -4.77. The van der Waals surface area contributed by atoms with Crippen molar-refractivity contribution in [3.63, 3.8) is 0 Å². The summed E-state index contributed by atoms with van der Waals surface area (Å²) >= 11 is 0. The molecule has 1 saturated heterocycles. The Kier molecular flexibility index (Phi) is 6.42. The van der Waals surface area contributed by atoms with Gasteiger partial charge in [0.2, 0.25) is 0 Å². The molecule has 11 heteroatoms. The first kappa shape index (κ1) is 22.6. The zero-order valence-corrected chi connectivity index (χ0v) is 18.2. The highest BCUT2D eigenvalue weighted by Crippen LogP contribution is 2.47. The molecule has 2 atom stereocenters. The maximum Gasteiger partial charge on any atom is 0.573 e. The summed E-state index contributed by atoms with van der Waals surface area (Å²) in [6.07, 6.45) is 1.09. The molecule has 7 nitrogen and oxygen atoms in total. The van der Waals surface area contributed by atoms with Gasteiger partial charge >= 0.3 is 6.36 Å². The van der Waals surface area contributed by atoms with Crippen molar-refractivity contribution in [1.29, 1.82) is 0 Å². The quantitative estimate of drug-likeness (QED) is 0.542. The summed E-state index contributed by atoms with van der Waals surface area (Å²) in [4.78, 5) is 2.67. The van der Waals surface area contributed by atoms with Crippen LogP contribution in [0.2, 0.25) is 0 Å². The van der Waals surface area contributed by atoms with E-state index >= 15 is 0 Å². The maximum absolute atomic E-state index is 12.5. The third-order valence-electron chi connectivity index (χ3n) is 5.20. The molecule has 1 aromatic heterocycles. The number of alkyl halides is 3. The van der Waals surface area contributed by atoms with E-state index in [-0.39, 0.29) is 11.8 Å². The molecule has 1 aliphatic rings. The van der Waals surface area contributed by atoms with Gasteiger partial charge in [-0.1, -0.05) is 33.9 Å². The van der Waals surface area contributed by atoms with Crippen LogP contribution in [0.25, 0.3) is 5.69 Å². The summed E-state index contributed by atoms with van der Waals surface area (Å²) in [5, 5.41) is 7.78. The first-order chi connectivity index (χ1) is 15.2. The molecule has 0 saturated carbocycles. The summed E-state index contributed by atoms with van der Waals surface area (Å²) in [6.45, 7) is 2.35. The minimum absolute atomic E-state index is 0.0293. The molecule has 0 spiro atoms. The fraction of sp³-hybridized carbons (Fsp3) is 0.333. The molecular weight excluding hydrogens is 443 g/mol. The Morgan fingerprint density at radius 1 is 1.22 bits per heavy atom. The number of nitrogens with zero attached hydrogens (tertiary/aromatic N) is 4. The van der Waals surface area contributed by atoms with Gasteiger partial charge in [-0.25, -0.2) is 4.68 Å². The minimum Gasteiger partial charge on any atom is -0.406 e. The Hall–Kier alpha value is -2.60. The number of ether oxygens (including phenoxy) is 1. The van der Waals surface area contributed by atoms with E-state index in [0.29, 0.717) is 4.90 Å². The predicted octanol–water partition coefficient (Wildman–Crippen LogP) is 4.21. The monoisotopic (exact) mass is 467 g/mol. The normalized spacial score (nSPS) is 20.1. The summed E-state index contributed by atoms with van der Waals surface area (Å²) in [6, 6.07) is 13.6. The molecule has 1 aliphatic heterocycles. The summed E-state index contributed by atoms with van der Waals surface area (Å²) < 4.78 is 57.4. The molecule has 0 aliphatic carbocycles. The lowest BCUT2D eigenvalue weighted by atomic mass is 10.2. The van der Waals surface area contributed by atoms with Gasteiger partial charge in [-0.15, -0.1) is 18.3 Å². The van der Waals surface area contributed by atoms with Crippen LogP contribution >= 0.6 is 10.5 Å². The van der Waals surface area contributed by atoms with Gasteiger partial charge in [0.15, 0.2) is 0 Å². The van der Waals surface area contributed by atoms with Crippen molar-refractivity contribution in [3.8, 4) is 11.4 Å². The van der Waals surface area contributed by atoms with Crippen LogP contribution in [-0.4, -0.2) is 56.2 Å². The van der Waals surface area contributed by atoms with Gasteiger partial charge in [0.1, 0.15) is 5.75 Å². The lowest BCUT2D eigenvalue weighted by Gasteiger charge is -2.34. The van der Waals surface area contributed by atoms with Gasteiger partial charge in [-0.05, 0) is 42.3 Å². The fourth-order valence-corrected chi connectivity index (χ4v) is 5.41. The average Bonchev–Trinajstić information content (AvgIpc) is 3.40. The molecule has 0 bridgehead atoms. The number of aromatic nitrogens is 3. The molecule has 0 amide bonds. The van der Waals surface area contributed by atoms with Crippen LogP contribution in [0.3, 0.4) is 0 Å². The molecule has 3 aromatic rings. The molecule has 32 heavy (non-hydrogen) atoms. The van der Waals surface area contributed by atoms with E-state index in [4.69, 9.17) is 0 Å². The molecule has 4 rings (SSSR count). The number of benzene rings is 2. The van der Waals surface area contributed by atoms with E-state index in [9.17, 15) is 17.7 Å². The molecule has 2 N–H and O–H groups in total. The summed E-state index contributed by atoms with van der Waals surface area (Å²) in [5.41, 5.74) is 2.09. The zero-order chi connectivity index (χ0) is 22.8. The Morgan fingerprint density at radius 3 is 2.69 bits per heavy atom. The van der Waals surface area contributed by atoms with Crippen molar-refractivity contribution in [2.24, 2.45) is 0 Å². The lowest BCUT2D eigenvalue weighted by Crippen LogP contribution is -2.34. The molecule has 2 unspecified atom stereocenters. The molecule has 2 heterocycles. The van der Waals surface area contributed by atoms with Crippen LogP contribution in [0.4, 0.5) is 13.2 Å². The highest BCUT2D eigenvalue weighted by Gasteiger charge is 2.32. The number of nitrogens with one attached hydrogen (secondary N) is 1. The SMILES string of the molecule is CS(O)(NC1CCN(Cc2ccc(-n3ccnn3)cc2)C1)c1cccc(OC(F)(F)F)c1. The van der Waals surface area contributed by atoms with E-state index < -0.39 is 16.9 Å². The smallest absolute Gasteiger partial charge is 0.406 e. The van der Waals surface area contributed by atoms with E-state index in [2.05, 4.69) is 24.7 Å². The van der Waals surface area contributed by atoms with Gasteiger partial charge in [0.05, 0.1) is 18.1 Å². The van der Waals surface area contributed by atoms with Crippen LogP contribution in [0, 0.1) is 0 Å². The third kappa shape index (κ3) is 5.80. The van der Waals surface area contributed by atoms with Gasteiger partial charge in [0.25, 0.3) is 0 Å². The van der Waals surface area contributed by atoms with Crippen LogP contribution in [0.1, 0.15) is 12.0 Å². The van der Waals surface area contributed by atoms with E-state index in [1.54, 1.807) is 29.4 Å². The van der Waals surface area contributed by atoms with Crippen LogP contribution < -0.4 is 9.46 Å². The Balaban J connectivity index is 1.34. The number of hydrogen-bond acceptors (Lipinski definition) is 6. The zero-order valence-electron chi connectivity index (χ0n) is 17.4. The Bertz CT molecular complexity index is 1030. The Morgan fingerprint density at radius 2 is 2.00 bits per heavy atom. The van der Waals surface area contributed by atoms with Gasteiger partial charge < -0.3 is 9.29 Å². The average molecular weight is 468 g/mol. The van der Waals surface area contributed by atoms with Crippen molar-refractivity contribution in [2.45, 2.75) is 30.3 Å². The fourth-order valence-electron chi connectivity index (χ4n) is 3.74. The van der Waals surface area contributed by atoms with E-state index in [0.717, 1.165) is 37.3 Å². The highest BCUT2D eigenvalue weighted by molar-refractivity contribution is 8.27. The Labute approximate surface area is 185 Å².